The van der Waals surface area contributed by atoms with Crippen molar-refractivity contribution in [3.8, 4) is 17.2 Å². The topological polar surface area (TPSA) is 64.4 Å². The third-order valence-electron chi connectivity index (χ3n) is 4.92. The minimum absolute atomic E-state index is 0.0789. The van der Waals surface area contributed by atoms with Gasteiger partial charge < -0.3 is 14.5 Å². The van der Waals surface area contributed by atoms with Gasteiger partial charge in [-0.3, -0.25) is 4.79 Å². The molecule has 0 bridgehead atoms. The number of fused-ring (bicyclic) bond motifs is 1. The summed E-state index contributed by atoms with van der Waals surface area (Å²) in [4.78, 5) is 16.9. The molecule has 1 amide bonds. The van der Waals surface area contributed by atoms with Crippen LogP contribution in [0.1, 0.15) is 26.3 Å². The van der Waals surface area contributed by atoms with Gasteiger partial charge in [-0.1, -0.05) is 56.1 Å². The predicted molar refractivity (Wildman–Crippen MR) is 129 cm³/mol. The zero-order valence-corrected chi connectivity index (χ0v) is 19.4. The summed E-state index contributed by atoms with van der Waals surface area (Å²) in [7, 11) is 0. The molecule has 5 nitrogen and oxygen atoms in total. The monoisotopic (exact) mass is 468 g/mol. The van der Waals surface area contributed by atoms with Crippen molar-refractivity contribution in [3.05, 3.63) is 76.3 Å². The van der Waals surface area contributed by atoms with Gasteiger partial charge in [0, 0.05) is 16.3 Å². The molecule has 0 atom stereocenters. The van der Waals surface area contributed by atoms with E-state index in [0.717, 1.165) is 5.56 Å². The third-order valence-corrected chi connectivity index (χ3v) is 5.45. The van der Waals surface area contributed by atoms with Gasteiger partial charge in [0.15, 0.2) is 12.2 Å². The Bertz CT molecular complexity index is 1270. The highest BCUT2D eigenvalue weighted by atomic mass is 35.5. The largest absolute Gasteiger partial charge is 0.482 e. The zero-order chi connectivity index (χ0) is 22.9. The van der Waals surface area contributed by atoms with Crippen LogP contribution in [0.2, 0.25) is 10.0 Å². The first-order valence-electron chi connectivity index (χ1n) is 10.1. The Morgan fingerprint density at radius 3 is 2.47 bits per heavy atom. The van der Waals surface area contributed by atoms with Gasteiger partial charge in [0.05, 0.1) is 5.02 Å². The van der Waals surface area contributed by atoms with E-state index in [1.165, 1.54) is 5.56 Å². The van der Waals surface area contributed by atoms with Crippen molar-refractivity contribution < 1.29 is 13.9 Å². The van der Waals surface area contributed by atoms with Gasteiger partial charge >= 0.3 is 0 Å². The molecule has 1 aromatic heterocycles. The molecular weight excluding hydrogens is 447 g/mol. The number of oxazole rings is 1. The molecule has 0 saturated carbocycles. The van der Waals surface area contributed by atoms with Crippen molar-refractivity contribution in [2.45, 2.75) is 26.2 Å². The first kappa shape index (κ1) is 22.2. The lowest BCUT2D eigenvalue weighted by Crippen LogP contribution is -2.20. The molecule has 0 aliphatic carbocycles. The number of ether oxygens (including phenoxy) is 1. The summed E-state index contributed by atoms with van der Waals surface area (Å²) < 4.78 is 11.4. The number of aromatic nitrogens is 1. The Balaban J connectivity index is 1.45. The minimum atomic E-state index is -0.322. The third kappa shape index (κ3) is 5.06. The van der Waals surface area contributed by atoms with Crippen LogP contribution in [0, 0.1) is 0 Å². The molecule has 0 unspecified atom stereocenters. The quantitative estimate of drug-likeness (QED) is 0.338. The Kier molecular flexibility index (Phi) is 6.13. The molecule has 164 valence electrons. The van der Waals surface area contributed by atoms with Crippen LogP contribution in [0.4, 0.5) is 5.69 Å². The number of nitrogens with zero attached hydrogens (tertiary/aromatic N) is 1. The minimum Gasteiger partial charge on any atom is -0.482 e. The molecule has 7 heteroatoms. The SMILES string of the molecule is CC(C)(C)c1ccc(-c2nc3cc(NC(=O)COc4ccc(Cl)cc4Cl)ccc3o2)cc1. The molecule has 4 rings (SSSR count). The molecule has 0 saturated heterocycles. The lowest BCUT2D eigenvalue weighted by Gasteiger charge is -2.18. The van der Waals surface area contributed by atoms with Crippen LogP contribution in [0.3, 0.4) is 0 Å². The second-order valence-electron chi connectivity index (χ2n) is 8.44. The highest BCUT2D eigenvalue weighted by molar-refractivity contribution is 6.35. The Morgan fingerprint density at radius 2 is 1.78 bits per heavy atom. The fraction of sp³-hybridized carbons (Fsp3) is 0.200. The highest BCUT2D eigenvalue weighted by Gasteiger charge is 2.15. The molecule has 0 aliphatic heterocycles. The Morgan fingerprint density at radius 1 is 1.03 bits per heavy atom. The Labute approximate surface area is 196 Å². The number of anilines is 1. The lowest BCUT2D eigenvalue weighted by molar-refractivity contribution is -0.118. The maximum atomic E-state index is 12.3. The van der Waals surface area contributed by atoms with Crippen LogP contribution >= 0.6 is 23.2 Å². The van der Waals surface area contributed by atoms with Crippen LogP contribution in [-0.4, -0.2) is 17.5 Å². The second kappa shape index (κ2) is 8.85. The number of hydrogen-bond acceptors (Lipinski definition) is 4. The van der Waals surface area contributed by atoms with Gasteiger partial charge in [0.1, 0.15) is 11.3 Å². The molecule has 32 heavy (non-hydrogen) atoms. The summed E-state index contributed by atoms with van der Waals surface area (Å²) in [6.07, 6.45) is 0. The normalized spacial score (nSPS) is 11.5. The number of nitrogens with one attached hydrogen (secondary N) is 1. The smallest absolute Gasteiger partial charge is 0.262 e. The Hall–Kier alpha value is -3.02. The number of benzene rings is 3. The van der Waals surface area contributed by atoms with E-state index in [0.29, 0.717) is 38.5 Å². The number of carbonyl (C=O) groups excluding carboxylic acids is 1. The fourth-order valence-corrected chi connectivity index (χ4v) is 3.64. The predicted octanol–water partition coefficient (Wildman–Crippen LogP) is 7.12. The van der Waals surface area contributed by atoms with Crippen molar-refractivity contribution in [1.82, 2.24) is 4.98 Å². The molecular formula is C25H22Cl2N2O3. The van der Waals surface area contributed by atoms with Crippen LogP contribution in [0.5, 0.6) is 5.75 Å². The maximum Gasteiger partial charge on any atom is 0.262 e. The number of hydrogen-bond donors (Lipinski definition) is 1. The second-order valence-corrected chi connectivity index (χ2v) is 9.28. The van der Waals surface area contributed by atoms with E-state index < -0.39 is 0 Å². The van der Waals surface area contributed by atoms with E-state index in [9.17, 15) is 4.79 Å². The molecule has 0 fully saturated rings. The fourth-order valence-electron chi connectivity index (χ4n) is 3.17. The summed E-state index contributed by atoms with van der Waals surface area (Å²) >= 11 is 11.9. The van der Waals surface area contributed by atoms with E-state index in [4.69, 9.17) is 32.4 Å². The summed E-state index contributed by atoms with van der Waals surface area (Å²) in [6, 6.07) is 18.3. The van der Waals surface area contributed by atoms with Crippen LogP contribution in [0.15, 0.2) is 65.1 Å². The average molecular weight is 469 g/mol. The van der Waals surface area contributed by atoms with Crippen molar-refractivity contribution in [2.24, 2.45) is 0 Å². The number of rotatable bonds is 5. The van der Waals surface area contributed by atoms with Crippen LogP contribution < -0.4 is 10.1 Å². The first-order chi connectivity index (χ1) is 15.2. The van der Waals surface area contributed by atoms with Crippen molar-refractivity contribution in [1.29, 1.82) is 0 Å². The van der Waals surface area contributed by atoms with Crippen molar-refractivity contribution in [3.63, 3.8) is 0 Å². The molecule has 0 aliphatic rings. The lowest BCUT2D eigenvalue weighted by atomic mass is 9.87. The van der Waals surface area contributed by atoms with Gasteiger partial charge in [-0.15, -0.1) is 0 Å². The summed E-state index contributed by atoms with van der Waals surface area (Å²) in [6.45, 7) is 6.33. The summed E-state index contributed by atoms with van der Waals surface area (Å²) in [5, 5.41) is 3.64. The average Bonchev–Trinajstić information content (AvgIpc) is 3.16. The van der Waals surface area contributed by atoms with Gasteiger partial charge in [-0.2, -0.15) is 0 Å². The number of carbonyl (C=O) groups is 1. The molecule has 0 spiro atoms. The number of amides is 1. The van der Waals surface area contributed by atoms with E-state index in [1.54, 1.807) is 36.4 Å². The van der Waals surface area contributed by atoms with E-state index in [-0.39, 0.29) is 17.9 Å². The molecule has 1 N–H and O–H groups in total. The van der Waals surface area contributed by atoms with Crippen LogP contribution in [0.25, 0.3) is 22.6 Å². The van der Waals surface area contributed by atoms with Gasteiger partial charge in [-0.25, -0.2) is 4.98 Å². The zero-order valence-electron chi connectivity index (χ0n) is 17.9. The molecule has 1 heterocycles. The molecule has 3 aromatic carbocycles. The van der Waals surface area contributed by atoms with E-state index in [1.807, 2.05) is 12.1 Å². The van der Waals surface area contributed by atoms with Crippen molar-refractivity contribution in [2.75, 3.05) is 11.9 Å². The van der Waals surface area contributed by atoms with E-state index >= 15 is 0 Å². The van der Waals surface area contributed by atoms with Gasteiger partial charge in [0.2, 0.25) is 5.89 Å². The number of halogens is 2. The van der Waals surface area contributed by atoms with E-state index in [2.05, 4.69) is 43.2 Å². The summed E-state index contributed by atoms with van der Waals surface area (Å²) in [5.41, 5.74) is 4.10. The van der Waals surface area contributed by atoms with Crippen molar-refractivity contribution >= 4 is 45.9 Å². The summed E-state index contributed by atoms with van der Waals surface area (Å²) in [5.74, 6) is 0.599. The van der Waals surface area contributed by atoms with Gasteiger partial charge in [0.25, 0.3) is 5.91 Å². The maximum absolute atomic E-state index is 12.3. The molecule has 4 aromatic rings. The van der Waals surface area contributed by atoms with Crippen LogP contribution in [-0.2, 0) is 10.2 Å². The van der Waals surface area contributed by atoms with Gasteiger partial charge in [-0.05, 0) is 59.5 Å². The highest BCUT2D eigenvalue weighted by Crippen LogP contribution is 2.30. The first-order valence-corrected chi connectivity index (χ1v) is 10.8. The molecule has 0 radical (unpaired) electrons. The standard InChI is InChI=1S/C25H22Cl2N2O3/c1-25(2,3)16-6-4-15(5-7-16)24-29-20-13-18(9-11-22(20)32-24)28-23(30)14-31-21-10-8-17(26)12-19(21)27/h4-13H,14H2,1-3H3,(H,28,30).